The van der Waals surface area contributed by atoms with Crippen LogP contribution in [0.15, 0.2) is 65.7 Å². The maximum Gasteiger partial charge on any atom is 0.248 e. The van der Waals surface area contributed by atoms with Crippen molar-refractivity contribution in [1.29, 1.82) is 0 Å². The molecule has 0 unspecified atom stereocenters. The van der Waals surface area contributed by atoms with Gasteiger partial charge in [-0.1, -0.05) is 19.1 Å². The van der Waals surface area contributed by atoms with Crippen LogP contribution in [0.1, 0.15) is 18.9 Å². The summed E-state index contributed by atoms with van der Waals surface area (Å²) in [4.78, 5) is 12.6. The zero-order valence-corrected chi connectivity index (χ0v) is 18.8. The van der Waals surface area contributed by atoms with Crippen molar-refractivity contribution in [3.05, 3.63) is 66.4 Å². The van der Waals surface area contributed by atoms with Gasteiger partial charge in [-0.25, -0.2) is 8.42 Å². The van der Waals surface area contributed by atoms with Gasteiger partial charge in [-0.05, 0) is 54.5 Å². The Bertz CT molecular complexity index is 1220. The lowest BCUT2D eigenvalue weighted by Gasteiger charge is -2.26. The molecular formula is C24H27N3O4S. The van der Waals surface area contributed by atoms with Crippen molar-refractivity contribution in [2.75, 3.05) is 31.6 Å². The largest absolute Gasteiger partial charge is 0.379 e. The van der Waals surface area contributed by atoms with Crippen molar-refractivity contribution in [2.24, 2.45) is 0 Å². The summed E-state index contributed by atoms with van der Waals surface area (Å²) in [5.74, 6) is -0.248. The lowest BCUT2D eigenvalue weighted by molar-refractivity contribution is -0.111. The number of aromatic nitrogens is 1. The number of nitrogens with one attached hydrogen (secondary N) is 1. The molecule has 0 saturated carbocycles. The molecular weight excluding hydrogens is 426 g/mol. The Labute approximate surface area is 188 Å². The third kappa shape index (κ3) is 4.93. The van der Waals surface area contributed by atoms with Gasteiger partial charge in [-0.2, -0.15) is 4.31 Å². The van der Waals surface area contributed by atoms with Crippen molar-refractivity contribution in [3.8, 4) is 0 Å². The predicted molar refractivity (Wildman–Crippen MR) is 126 cm³/mol. The second-order valence-corrected chi connectivity index (χ2v) is 9.63. The number of fused-ring (bicyclic) bond motifs is 1. The topological polar surface area (TPSA) is 80.6 Å². The Morgan fingerprint density at radius 2 is 1.84 bits per heavy atom. The molecule has 1 amide bonds. The molecule has 0 spiro atoms. The van der Waals surface area contributed by atoms with Crippen molar-refractivity contribution in [3.63, 3.8) is 0 Å². The highest BCUT2D eigenvalue weighted by Crippen LogP contribution is 2.21. The first-order chi connectivity index (χ1) is 15.5. The molecule has 0 atom stereocenters. The first kappa shape index (κ1) is 22.3. The van der Waals surface area contributed by atoms with E-state index in [-0.39, 0.29) is 10.8 Å². The summed E-state index contributed by atoms with van der Waals surface area (Å²) in [7, 11) is -3.52. The van der Waals surface area contributed by atoms with Crippen LogP contribution in [0.4, 0.5) is 5.69 Å². The first-order valence-corrected chi connectivity index (χ1v) is 12.2. The van der Waals surface area contributed by atoms with Gasteiger partial charge in [0.2, 0.25) is 15.9 Å². The highest BCUT2D eigenvalue weighted by molar-refractivity contribution is 7.89. The molecule has 2 aromatic carbocycles. The molecule has 1 aliphatic rings. The highest BCUT2D eigenvalue weighted by atomic mass is 32.2. The van der Waals surface area contributed by atoms with E-state index in [9.17, 15) is 13.2 Å². The molecule has 4 rings (SSSR count). The summed E-state index contributed by atoms with van der Waals surface area (Å²) in [5, 5.41) is 3.96. The third-order valence-electron chi connectivity index (χ3n) is 5.42. The summed E-state index contributed by atoms with van der Waals surface area (Å²) in [6.45, 7) is 4.64. The molecule has 0 radical (unpaired) electrons. The van der Waals surface area contributed by atoms with Gasteiger partial charge >= 0.3 is 0 Å². The normalized spacial score (nSPS) is 15.4. The van der Waals surface area contributed by atoms with Gasteiger partial charge in [0, 0.05) is 48.5 Å². The van der Waals surface area contributed by atoms with Crippen molar-refractivity contribution in [2.45, 2.75) is 24.8 Å². The highest BCUT2D eigenvalue weighted by Gasteiger charge is 2.25. The molecule has 1 aliphatic heterocycles. The quantitative estimate of drug-likeness (QED) is 0.553. The van der Waals surface area contributed by atoms with E-state index in [0.29, 0.717) is 26.3 Å². The van der Waals surface area contributed by atoms with Gasteiger partial charge in [0.1, 0.15) is 0 Å². The van der Waals surface area contributed by atoms with Gasteiger partial charge in [0.25, 0.3) is 0 Å². The second-order valence-electron chi connectivity index (χ2n) is 7.69. The first-order valence-electron chi connectivity index (χ1n) is 10.7. The van der Waals surface area contributed by atoms with Gasteiger partial charge in [0.15, 0.2) is 0 Å². The van der Waals surface area contributed by atoms with Crippen LogP contribution in [0.25, 0.3) is 17.0 Å². The molecule has 7 nitrogen and oxygen atoms in total. The number of anilines is 1. The average molecular weight is 454 g/mol. The molecule has 2 heterocycles. The molecule has 3 aromatic rings. The van der Waals surface area contributed by atoms with Crippen molar-refractivity contribution >= 4 is 38.6 Å². The SMILES string of the molecule is CCCn1ccc2cc(NC(=O)C=Cc3ccc(S(=O)(=O)N4CCOCC4)cc3)ccc21. The number of benzene rings is 2. The Hall–Kier alpha value is -2.94. The van der Waals surface area contributed by atoms with Gasteiger partial charge in [-0.3, -0.25) is 4.79 Å². The summed E-state index contributed by atoms with van der Waals surface area (Å²) >= 11 is 0. The van der Waals surface area contributed by atoms with E-state index in [1.807, 2.05) is 24.3 Å². The Kier molecular flexibility index (Phi) is 6.74. The zero-order chi connectivity index (χ0) is 22.6. The summed E-state index contributed by atoms with van der Waals surface area (Å²) in [5.41, 5.74) is 2.62. The second kappa shape index (κ2) is 9.68. The number of morpholine rings is 1. The van der Waals surface area contributed by atoms with Gasteiger partial charge < -0.3 is 14.6 Å². The number of aryl methyl sites for hydroxylation is 1. The van der Waals surface area contributed by atoms with E-state index in [4.69, 9.17) is 4.74 Å². The molecule has 1 fully saturated rings. The zero-order valence-electron chi connectivity index (χ0n) is 18.0. The van der Waals surface area contributed by atoms with Crippen LogP contribution in [0.2, 0.25) is 0 Å². The van der Waals surface area contributed by atoms with Crippen LogP contribution in [0.3, 0.4) is 0 Å². The number of rotatable bonds is 7. The van der Waals surface area contributed by atoms with Crippen LogP contribution >= 0.6 is 0 Å². The Morgan fingerprint density at radius 3 is 2.56 bits per heavy atom. The number of amides is 1. The fourth-order valence-corrected chi connectivity index (χ4v) is 5.16. The summed E-state index contributed by atoms with van der Waals surface area (Å²) < 4.78 is 34.2. The number of carbonyl (C=O) groups is 1. The van der Waals surface area contributed by atoms with E-state index >= 15 is 0 Å². The van der Waals surface area contributed by atoms with Crippen molar-refractivity contribution in [1.82, 2.24) is 8.87 Å². The monoisotopic (exact) mass is 453 g/mol. The van der Waals surface area contributed by atoms with Crippen LogP contribution in [0.5, 0.6) is 0 Å². The number of nitrogens with zero attached hydrogens (tertiary/aromatic N) is 2. The standard InChI is InChI=1S/C24H27N3O4S/c1-2-12-26-13-11-20-18-21(6-9-23(20)26)25-24(28)10-5-19-3-7-22(8-4-19)32(29,30)27-14-16-31-17-15-27/h3-11,13,18H,2,12,14-17H2,1H3,(H,25,28). The van der Waals surface area contributed by atoms with Crippen LogP contribution in [-0.2, 0) is 26.1 Å². The third-order valence-corrected chi connectivity index (χ3v) is 7.33. The minimum Gasteiger partial charge on any atom is -0.379 e. The summed E-state index contributed by atoms with van der Waals surface area (Å²) in [6, 6.07) is 14.4. The smallest absolute Gasteiger partial charge is 0.248 e. The lowest BCUT2D eigenvalue weighted by atomic mass is 10.2. The van der Waals surface area contributed by atoms with E-state index in [2.05, 4.69) is 23.0 Å². The van der Waals surface area contributed by atoms with Crippen LogP contribution < -0.4 is 5.32 Å². The summed E-state index contributed by atoms with van der Waals surface area (Å²) in [6.07, 6.45) is 6.23. The number of sulfonamides is 1. The number of carbonyl (C=O) groups excluding carboxylic acids is 1. The van der Waals surface area contributed by atoms with E-state index < -0.39 is 10.0 Å². The number of ether oxygens (including phenoxy) is 1. The molecule has 168 valence electrons. The molecule has 1 N–H and O–H groups in total. The van der Waals surface area contributed by atoms with Gasteiger partial charge in [-0.15, -0.1) is 0 Å². The molecule has 0 bridgehead atoms. The predicted octanol–water partition coefficient (Wildman–Crippen LogP) is 3.72. The maximum atomic E-state index is 12.7. The molecule has 1 aromatic heterocycles. The Balaban J connectivity index is 1.39. The molecule has 1 saturated heterocycles. The average Bonchev–Trinajstić information content (AvgIpc) is 3.21. The minimum absolute atomic E-state index is 0.240. The minimum atomic E-state index is -3.52. The fourth-order valence-electron chi connectivity index (χ4n) is 3.76. The maximum absolute atomic E-state index is 12.7. The number of hydrogen-bond donors (Lipinski definition) is 1. The Morgan fingerprint density at radius 1 is 1.09 bits per heavy atom. The van der Waals surface area contributed by atoms with E-state index in [0.717, 1.165) is 35.1 Å². The fraction of sp³-hybridized carbons (Fsp3) is 0.292. The molecule has 32 heavy (non-hydrogen) atoms. The lowest BCUT2D eigenvalue weighted by Crippen LogP contribution is -2.40. The van der Waals surface area contributed by atoms with Crippen molar-refractivity contribution < 1.29 is 17.9 Å². The molecule has 0 aliphatic carbocycles. The molecule has 8 heteroatoms. The van der Waals surface area contributed by atoms with Crippen LogP contribution in [0, 0.1) is 0 Å². The van der Waals surface area contributed by atoms with E-state index in [1.54, 1.807) is 30.3 Å². The number of hydrogen-bond acceptors (Lipinski definition) is 4. The van der Waals surface area contributed by atoms with Gasteiger partial charge in [0.05, 0.1) is 18.1 Å². The van der Waals surface area contributed by atoms with E-state index in [1.165, 1.54) is 10.4 Å². The van der Waals surface area contributed by atoms with Crippen LogP contribution in [-0.4, -0.2) is 49.5 Å².